The number of nitrogens with zero attached hydrogens (tertiary/aromatic N) is 3. The van der Waals surface area contributed by atoms with Crippen LogP contribution in [0, 0.1) is 5.92 Å². The van der Waals surface area contributed by atoms with Gasteiger partial charge in [-0.15, -0.1) is 0 Å². The molecule has 1 fully saturated rings. The first-order valence-corrected chi connectivity index (χ1v) is 17.5. The highest BCUT2D eigenvalue weighted by atomic mass is 16.5. The standard InChI is InChI=1S/C33H57N7O7/c1-22(2)16-14-12-10-8-6-4-3-5-7-9-11-13-15-17-24(43)34-18-25(44)39-26-28(45)29(46)33(47-30(26)23(42)19-41)40-32-27-31(36-20-35-27)37-21-38-32/h20-23,26,28-30,33,41-42,45-46H,3-19H2,1-2H3,(H,34,43)(H,39,44)(H2,35,36,37,38,40)/t23-,26+,28+,29+,30-,33-/m0/s1. The summed E-state index contributed by atoms with van der Waals surface area (Å²) in [4.78, 5) is 40.0. The number of nitrogens with one attached hydrogen (secondary N) is 4. The molecule has 1 saturated heterocycles. The van der Waals surface area contributed by atoms with Crippen LogP contribution in [0.15, 0.2) is 12.7 Å². The van der Waals surface area contributed by atoms with E-state index < -0.39 is 49.2 Å². The lowest BCUT2D eigenvalue weighted by Gasteiger charge is -2.44. The lowest BCUT2D eigenvalue weighted by molar-refractivity contribution is -0.204. The second-order valence-electron chi connectivity index (χ2n) is 13.1. The fraction of sp³-hybridized carbons (Fsp3) is 0.788. The van der Waals surface area contributed by atoms with Crippen molar-refractivity contribution in [2.75, 3.05) is 18.5 Å². The minimum Gasteiger partial charge on any atom is -0.394 e. The van der Waals surface area contributed by atoms with E-state index in [1.54, 1.807) is 0 Å². The Morgan fingerprint density at radius 3 is 2.11 bits per heavy atom. The molecule has 2 aromatic heterocycles. The molecule has 0 spiro atoms. The molecule has 2 aromatic rings. The number of carbonyl (C=O) groups is 2. The Balaban J connectivity index is 1.28. The maximum Gasteiger partial charge on any atom is 0.239 e. The summed E-state index contributed by atoms with van der Waals surface area (Å²) in [5.74, 6) is 0.158. The number of anilines is 1. The third-order valence-corrected chi connectivity index (χ3v) is 8.71. The molecule has 3 rings (SSSR count). The molecule has 2 amide bonds. The average Bonchev–Trinajstić information content (AvgIpc) is 3.55. The van der Waals surface area contributed by atoms with Crippen molar-refractivity contribution in [1.29, 1.82) is 0 Å². The SMILES string of the molecule is CC(C)CCCCCCCCCCCCCCCC(=O)NCC(=O)N[C@@H]1[C@@H](O)[C@@H](O)[C@@H](Nc2ncnc3nc[nH]c23)O[C@H]1[C@@H](O)CO. The van der Waals surface area contributed by atoms with Gasteiger partial charge in [0.15, 0.2) is 17.7 Å². The van der Waals surface area contributed by atoms with Crippen LogP contribution in [0.1, 0.15) is 110 Å². The van der Waals surface area contributed by atoms with E-state index in [4.69, 9.17) is 4.74 Å². The molecule has 266 valence electrons. The maximum absolute atomic E-state index is 12.7. The fourth-order valence-corrected chi connectivity index (χ4v) is 5.94. The van der Waals surface area contributed by atoms with Crippen LogP contribution in [0.5, 0.6) is 0 Å². The summed E-state index contributed by atoms with van der Waals surface area (Å²) in [7, 11) is 0. The van der Waals surface area contributed by atoms with Gasteiger partial charge in [0.2, 0.25) is 11.8 Å². The number of fused-ring (bicyclic) bond motifs is 1. The summed E-state index contributed by atoms with van der Waals surface area (Å²) in [6.07, 6.45) is 13.0. The minimum atomic E-state index is -1.59. The molecule has 0 saturated carbocycles. The van der Waals surface area contributed by atoms with Gasteiger partial charge in [-0.25, -0.2) is 15.0 Å². The Morgan fingerprint density at radius 1 is 0.872 bits per heavy atom. The zero-order valence-corrected chi connectivity index (χ0v) is 28.1. The molecule has 0 aromatic carbocycles. The Bertz CT molecular complexity index is 1180. The first-order chi connectivity index (χ1) is 22.7. The van der Waals surface area contributed by atoms with Crippen molar-refractivity contribution in [2.45, 2.75) is 147 Å². The predicted molar refractivity (Wildman–Crippen MR) is 178 cm³/mol. The third kappa shape index (κ3) is 13.3. The molecular formula is C33H57N7O7. The molecule has 0 unspecified atom stereocenters. The topological polar surface area (TPSA) is 215 Å². The van der Waals surface area contributed by atoms with Crippen LogP contribution in [0.3, 0.4) is 0 Å². The molecule has 0 radical (unpaired) electrons. The van der Waals surface area contributed by atoms with Crippen molar-refractivity contribution in [3.05, 3.63) is 12.7 Å². The second kappa shape index (κ2) is 21.1. The molecule has 1 aliphatic heterocycles. The number of ether oxygens (including phenoxy) is 1. The number of hydrogen-bond acceptors (Lipinski definition) is 11. The van der Waals surface area contributed by atoms with Gasteiger partial charge in [0, 0.05) is 6.42 Å². The van der Waals surface area contributed by atoms with Crippen LogP contribution in [-0.4, -0.2) is 102 Å². The molecule has 14 heteroatoms. The number of aromatic nitrogens is 4. The number of aliphatic hydroxyl groups is 4. The number of rotatable bonds is 23. The highest BCUT2D eigenvalue weighted by Crippen LogP contribution is 2.26. The molecule has 8 N–H and O–H groups in total. The van der Waals surface area contributed by atoms with Crippen molar-refractivity contribution in [3.8, 4) is 0 Å². The van der Waals surface area contributed by atoms with E-state index in [0.717, 1.165) is 25.2 Å². The number of aromatic amines is 1. The van der Waals surface area contributed by atoms with Crippen molar-refractivity contribution in [3.63, 3.8) is 0 Å². The van der Waals surface area contributed by atoms with Crippen molar-refractivity contribution >= 4 is 28.8 Å². The number of H-pyrrole nitrogens is 1. The van der Waals surface area contributed by atoms with Gasteiger partial charge in [0.25, 0.3) is 0 Å². The van der Waals surface area contributed by atoms with Gasteiger partial charge >= 0.3 is 0 Å². The maximum atomic E-state index is 12.7. The summed E-state index contributed by atoms with van der Waals surface area (Å²) in [6, 6.07) is -1.27. The molecule has 6 atom stereocenters. The molecule has 14 nitrogen and oxygen atoms in total. The first-order valence-electron chi connectivity index (χ1n) is 17.5. The van der Waals surface area contributed by atoms with Gasteiger partial charge in [0.1, 0.15) is 36.3 Å². The van der Waals surface area contributed by atoms with Gasteiger partial charge in [-0.2, -0.15) is 0 Å². The van der Waals surface area contributed by atoms with Crippen LogP contribution < -0.4 is 16.0 Å². The predicted octanol–water partition coefficient (Wildman–Crippen LogP) is 2.67. The van der Waals surface area contributed by atoms with E-state index in [1.165, 1.54) is 83.3 Å². The van der Waals surface area contributed by atoms with E-state index in [9.17, 15) is 30.0 Å². The lowest BCUT2D eigenvalue weighted by atomic mass is 9.92. The van der Waals surface area contributed by atoms with Crippen molar-refractivity contribution in [2.24, 2.45) is 5.92 Å². The molecule has 1 aliphatic rings. The van der Waals surface area contributed by atoms with Crippen molar-refractivity contribution < 1.29 is 34.8 Å². The summed E-state index contributed by atoms with van der Waals surface area (Å²) in [5.41, 5.74) is 0.796. The first kappa shape index (κ1) is 38.5. The Labute approximate surface area is 277 Å². The summed E-state index contributed by atoms with van der Waals surface area (Å²) >= 11 is 0. The molecule has 3 heterocycles. The normalized spacial score (nSPS) is 22.0. The lowest BCUT2D eigenvalue weighted by Crippen LogP contribution is -2.68. The number of unbranched alkanes of at least 4 members (excludes halogenated alkanes) is 12. The number of hydrogen-bond donors (Lipinski definition) is 8. The molecule has 0 bridgehead atoms. The molecule has 47 heavy (non-hydrogen) atoms. The van der Waals surface area contributed by atoms with Crippen LogP contribution in [0.2, 0.25) is 0 Å². The van der Waals surface area contributed by atoms with Crippen LogP contribution in [0.25, 0.3) is 11.2 Å². The molecular weight excluding hydrogens is 606 g/mol. The average molecular weight is 664 g/mol. The summed E-state index contributed by atoms with van der Waals surface area (Å²) in [6.45, 7) is 3.51. The van der Waals surface area contributed by atoms with Gasteiger partial charge in [-0.05, 0) is 12.3 Å². The minimum absolute atomic E-state index is 0.232. The van der Waals surface area contributed by atoms with E-state index in [2.05, 4.69) is 49.7 Å². The van der Waals surface area contributed by atoms with Crippen LogP contribution >= 0.6 is 0 Å². The zero-order valence-electron chi connectivity index (χ0n) is 28.1. The van der Waals surface area contributed by atoms with Gasteiger partial charge in [0.05, 0.1) is 25.5 Å². The number of aliphatic hydroxyl groups excluding tert-OH is 4. The highest BCUT2D eigenvalue weighted by molar-refractivity contribution is 5.85. The zero-order chi connectivity index (χ0) is 34.0. The second-order valence-corrected chi connectivity index (χ2v) is 13.1. The third-order valence-electron chi connectivity index (χ3n) is 8.71. The van der Waals surface area contributed by atoms with E-state index >= 15 is 0 Å². The van der Waals surface area contributed by atoms with Crippen molar-refractivity contribution in [1.82, 2.24) is 30.6 Å². The van der Waals surface area contributed by atoms with Gasteiger partial charge < -0.3 is 46.1 Å². The smallest absolute Gasteiger partial charge is 0.239 e. The van der Waals surface area contributed by atoms with Crippen LogP contribution in [0.4, 0.5) is 5.82 Å². The molecule has 0 aliphatic carbocycles. The van der Waals surface area contributed by atoms with E-state index in [0.29, 0.717) is 17.6 Å². The monoisotopic (exact) mass is 663 g/mol. The van der Waals surface area contributed by atoms with Gasteiger partial charge in [-0.3, -0.25) is 9.59 Å². The number of imidazole rings is 1. The Morgan fingerprint density at radius 2 is 1.49 bits per heavy atom. The summed E-state index contributed by atoms with van der Waals surface area (Å²) < 4.78 is 5.80. The van der Waals surface area contributed by atoms with E-state index in [-0.39, 0.29) is 18.3 Å². The largest absolute Gasteiger partial charge is 0.394 e. The highest BCUT2D eigenvalue weighted by Gasteiger charge is 2.48. The number of carbonyl (C=O) groups excluding carboxylic acids is 2. The van der Waals surface area contributed by atoms with E-state index in [1.807, 2.05) is 0 Å². The van der Waals surface area contributed by atoms with Gasteiger partial charge in [-0.1, -0.05) is 97.3 Å². The van der Waals surface area contributed by atoms with Crippen LogP contribution in [-0.2, 0) is 14.3 Å². The fourth-order valence-electron chi connectivity index (χ4n) is 5.94. The summed E-state index contributed by atoms with van der Waals surface area (Å²) in [5, 5.41) is 49.7. The Hall–Kier alpha value is -2.91. The quantitative estimate of drug-likeness (QED) is 0.0809. The Kier molecular flexibility index (Phi) is 17.3. The number of amides is 2.